The maximum Gasteiger partial charge on any atom is 0.372 e. The lowest BCUT2D eigenvalue weighted by Gasteiger charge is -2.09. The van der Waals surface area contributed by atoms with Crippen molar-refractivity contribution in [3.05, 3.63) is 47.0 Å². The van der Waals surface area contributed by atoms with Crippen LogP contribution in [0.3, 0.4) is 0 Å². The summed E-state index contributed by atoms with van der Waals surface area (Å²) >= 11 is 0. The summed E-state index contributed by atoms with van der Waals surface area (Å²) in [6.45, 7) is 3.73. The maximum absolute atomic E-state index is 11.3. The molecule has 96 valence electrons. The molecule has 0 spiro atoms. The molecule has 0 saturated carbocycles. The number of benzene rings is 1. The molecule has 1 aromatic heterocycles. The molecule has 2 rings (SSSR count). The first-order valence-corrected chi connectivity index (χ1v) is 5.90. The van der Waals surface area contributed by atoms with Gasteiger partial charge in [-0.2, -0.15) is 5.26 Å². The molecule has 0 amide bonds. The van der Waals surface area contributed by atoms with Gasteiger partial charge in [-0.1, -0.05) is 13.0 Å². The Bertz CT molecular complexity index is 680. The number of imidazole rings is 1. The van der Waals surface area contributed by atoms with Crippen LogP contribution in [-0.4, -0.2) is 20.6 Å². The van der Waals surface area contributed by atoms with Gasteiger partial charge in [0.25, 0.3) is 0 Å². The summed E-state index contributed by atoms with van der Waals surface area (Å²) in [7, 11) is 0. The van der Waals surface area contributed by atoms with E-state index >= 15 is 0 Å². The summed E-state index contributed by atoms with van der Waals surface area (Å²) in [6, 6.07) is 8.89. The van der Waals surface area contributed by atoms with E-state index in [2.05, 4.69) is 4.98 Å². The quantitative estimate of drug-likeness (QED) is 0.912. The molecule has 0 bridgehead atoms. The van der Waals surface area contributed by atoms with Crippen molar-refractivity contribution in [1.29, 1.82) is 5.26 Å². The summed E-state index contributed by atoms with van der Waals surface area (Å²) in [6.07, 6.45) is 0.670. The Morgan fingerprint density at radius 1 is 1.53 bits per heavy atom. The van der Waals surface area contributed by atoms with Gasteiger partial charge in [0.15, 0.2) is 0 Å². The molecule has 1 aromatic carbocycles. The van der Waals surface area contributed by atoms with Crippen LogP contribution in [0, 0.1) is 18.3 Å². The molecular formula is C14H13N3O2. The van der Waals surface area contributed by atoms with Crippen LogP contribution >= 0.6 is 0 Å². The average Bonchev–Trinajstić information content (AvgIpc) is 2.75. The third kappa shape index (κ3) is 2.20. The van der Waals surface area contributed by atoms with Crippen molar-refractivity contribution in [1.82, 2.24) is 9.55 Å². The lowest BCUT2D eigenvalue weighted by molar-refractivity contribution is 0.0681. The largest absolute Gasteiger partial charge is 0.475 e. The van der Waals surface area contributed by atoms with Crippen molar-refractivity contribution in [2.75, 3.05) is 0 Å². The maximum atomic E-state index is 11.3. The predicted octanol–water partition coefficient (Wildman–Crippen LogP) is 2.31. The lowest BCUT2D eigenvalue weighted by atomic mass is 10.2. The van der Waals surface area contributed by atoms with Crippen LogP contribution < -0.4 is 0 Å². The van der Waals surface area contributed by atoms with Crippen molar-refractivity contribution in [3.8, 4) is 11.8 Å². The van der Waals surface area contributed by atoms with Crippen molar-refractivity contribution < 1.29 is 9.90 Å². The molecule has 5 nitrogen and oxygen atoms in total. The number of carboxylic acids is 1. The van der Waals surface area contributed by atoms with Crippen molar-refractivity contribution in [2.24, 2.45) is 0 Å². The van der Waals surface area contributed by atoms with Crippen LogP contribution in [0.4, 0.5) is 0 Å². The highest BCUT2D eigenvalue weighted by Crippen LogP contribution is 2.20. The van der Waals surface area contributed by atoms with Gasteiger partial charge < -0.3 is 5.11 Å². The lowest BCUT2D eigenvalue weighted by Crippen LogP contribution is -2.10. The number of hydrogen-bond acceptors (Lipinski definition) is 3. The Labute approximate surface area is 110 Å². The van der Waals surface area contributed by atoms with Crippen LogP contribution in [0.1, 0.15) is 34.5 Å². The first-order valence-electron chi connectivity index (χ1n) is 5.90. The Kier molecular flexibility index (Phi) is 3.34. The van der Waals surface area contributed by atoms with Crippen molar-refractivity contribution in [2.45, 2.75) is 20.3 Å². The monoisotopic (exact) mass is 255 g/mol. The summed E-state index contributed by atoms with van der Waals surface area (Å²) in [5.74, 6) is -1.10. The van der Waals surface area contributed by atoms with Gasteiger partial charge in [0, 0.05) is 11.4 Å². The second kappa shape index (κ2) is 4.94. The summed E-state index contributed by atoms with van der Waals surface area (Å²) in [4.78, 5) is 15.4. The van der Waals surface area contributed by atoms with Gasteiger partial charge in [-0.05, 0) is 31.5 Å². The van der Waals surface area contributed by atoms with Gasteiger partial charge >= 0.3 is 5.97 Å². The molecular weight excluding hydrogens is 242 g/mol. The van der Waals surface area contributed by atoms with Crippen molar-refractivity contribution >= 4 is 5.97 Å². The highest BCUT2D eigenvalue weighted by atomic mass is 16.4. The molecule has 0 atom stereocenters. The molecule has 0 radical (unpaired) electrons. The fourth-order valence-electron chi connectivity index (χ4n) is 2.11. The molecule has 2 aromatic rings. The Hall–Kier alpha value is -2.61. The molecule has 0 unspecified atom stereocenters. The molecule has 0 saturated heterocycles. The minimum Gasteiger partial charge on any atom is -0.475 e. The summed E-state index contributed by atoms with van der Waals surface area (Å²) in [5, 5.41) is 18.2. The first-order chi connectivity index (χ1) is 9.08. The summed E-state index contributed by atoms with van der Waals surface area (Å²) < 4.78 is 1.60. The predicted molar refractivity (Wildman–Crippen MR) is 69.4 cm³/mol. The first kappa shape index (κ1) is 12.8. The molecule has 0 aliphatic carbocycles. The fraction of sp³-hybridized carbons (Fsp3) is 0.214. The molecule has 1 heterocycles. The van der Waals surface area contributed by atoms with E-state index in [-0.39, 0.29) is 5.82 Å². The van der Waals surface area contributed by atoms with Gasteiger partial charge in [0.1, 0.15) is 0 Å². The number of carboxylic acid groups (broad SMARTS) is 1. The van der Waals surface area contributed by atoms with E-state index in [9.17, 15) is 9.90 Å². The van der Waals surface area contributed by atoms with Gasteiger partial charge in [0.05, 0.1) is 17.3 Å². The zero-order valence-electron chi connectivity index (χ0n) is 10.7. The van der Waals surface area contributed by atoms with Gasteiger partial charge in [0.2, 0.25) is 5.82 Å². The number of aromatic carboxylic acids is 1. The number of aryl methyl sites for hydroxylation is 1. The Morgan fingerprint density at radius 2 is 2.26 bits per heavy atom. The molecule has 0 aliphatic rings. The van der Waals surface area contributed by atoms with Gasteiger partial charge in [-0.15, -0.1) is 0 Å². The SMILES string of the molecule is CCc1c(C)nc(C(=O)O)n1-c1cccc(C#N)c1. The van der Waals surface area contributed by atoms with Crippen molar-refractivity contribution in [3.63, 3.8) is 0 Å². The van der Waals surface area contributed by atoms with E-state index in [0.29, 0.717) is 23.4 Å². The molecule has 0 aliphatic heterocycles. The highest BCUT2D eigenvalue weighted by Gasteiger charge is 2.19. The van der Waals surface area contributed by atoms with Crippen LogP contribution in [0.2, 0.25) is 0 Å². The topological polar surface area (TPSA) is 78.9 Å². The van der Waals surface area contributed by atoms with E-state index in [1.807, 2.05) is 13.0 Å². The molecule has 5 heteroatoms. The van der Waals surface area contributed by atoms with E-state index in [1.165, 1.54) is 0 Å². The standard InChI is InChI=1S/C14H13N3O2/c1-3-12-9(2)16-13(14(18)19)17(12)11-6-4-5-10(7-11)8-15/h4-7H,3H2,1-2H3,(H,18,19). The zero-order chi connectivity index (χ0) is 14.0. The number of nitriles is 1. The number of nitrogens with zero attached hydrogens (tertiary/aromatic N) is 3. The Balaban J connectivity index is 2.72. The van der Waals surface area contributed by atoms with E-state index in [1.54, 1.807) is 35.8 Å². The van der Waals surface area contributed by atoms with Gasteiger partial charge in [-0.25, -0.2) is 9.78 Å². The normalized spacial score (nSPS) is 10.2. The second-order valence-corrected chi connectivity index (χ2v) is 4.12. The molecule has 19 heavy (non-hydrogen) atoms. The smallest absolute Gasteiger partial charge is 0.372 e. The number of aromatic nitrogens is 2. The van der Waals surface area contributed by atoms with E-state index in [0.717, 1.165) is 5.69 Å². The average molecular weight is 255 g/mol. The fourth-order valence-corrected chi connectivity index (χ4v) is 2.11. The molecule has 0 fully saturated rings. The number of carbonyl (C=O) groups is 1. The minimum absolute atomic E-state index is 0.0237. The molecule has 1 N–H and O–H groups in total. The number of hydrogen-bond donors (Lipinski definition) is 1. The third-order valence-electron chi connectivity index (χ3n) is 2.93. The van der Waals surface area contributed by atoms with Crippen LogP contribution in [0.25, 0.3) is 5.69 Å². The van der Waals surface area contributed by atoms with Crippen LogP contribution in [-0.2, 0) is 6.42 Å². The van der Waals surface area contributed by atoms with Gasteiger partial charge in [-0.3, -0.25) is 4.57 Å². The zero-order valence-corrected chi connectivity index (χ0v) is 10.7. The van der Waals surface area contributed by atoms with Crippen LogP contribution in [0.5, 0.6) is 0 Å². The third-order valence-corrected chi connectivity index (χ3v) is 2.93. The van der Waals surface area contributed by atoms with E-state index < -0.39 is 5.97 Å². The minimum atomic E-state index is -1.08. The van der Waals surface area contributed by atoms with E-state index in [4.69, 9.17) is 5.26 Å². The second-order valence-electron chi connectivity index (χ2n) is 4.12. The van der Waals surface area contributed by atoms with Crippen LogP contribution in [0.15, 0.2) is 24.3 Å². The summed E-state index contributed by atoms with van der Waals surface area (Å²) in [5.41, 5.74) is 2.67. The highest BCUT2D eigenvalue weighted by molar-refractivity contribution is 5.85. The number of rotatable bonds is 3. The Morgan fingerprint density at radius 3 is 2.84 bits per heavy atom.